The lowest BCUT2D eigenvalue weighted by Gasteiger charge is -2.42. The topological polar surface area (TPSA) is 66.5 Å². The Hall–Kier alpha value is -1.39. The molecule has 0 aromatic rings. The number of carbonyl (C=O) groups is 3. The van der Waals surface area contributed by atoms with Crippen LogP contribution in [0.4, 0.5) is 0 Å². The van der Waals surface area contributed by atoms with Crippen molar-refractivity contribution in [1.29, 1.82) is 0 Å². The molecule has 5 heteroatoms. The van der Waals surface area contributed by atoms with E-state index in [-0.39, 0.29) is 30.2 Å². The Balaban J connectivity index is 2.12. The van der Waals surface area contributed by atoms with Crippen molar-refractivity contribution in [2.45, 2.75) is 64.3 Å². The summed E-state index contributed by atoms with van der Waals surface area (Å²) in [7, 11) is 0. The minimum Gasteiger partial charge on any atom is -0.319 e. The largest absolute Gasteiger partial charge is 0.319 e. The standard InChI is InChI=1S/C15H24N2O3/c1-15(2)14(20)16-12(18)10-17(15)13(19)11-8-6-4-3-5-7-9-11/h11H,3-10H2,1-2H3,(H,16,18,20). The van der Waals surface area contributed by atoms with Gasteiger partial charge in [0.1, 0.15) is 12.1 Å². The van der Waals surface area contributed by atoms with Crippen LogP contribution in [0, 0.1) is 5.92 Å². The monoisotopic (exact) mass is 280 g/mol. The van der Waals surface area contributed by atoms with Crippen LogP contribution in [0.3, 0.4) is 0 Å². The number of imide groups is 1. The number of nitrogens with one attached hydrogen (secondary N) is 1. The van der Waals surface area contributed by atoms with E-state index in [1.54, 1.807) is 13.8 Å². The van der Waals surface area contributed by atoms with Crippen LogP contribution in [-0.2, 0) is 14.4 Å². The molecule has 1 aliphatic carbocycles. The highest BCUT2D eigenvalue weighted by Gasteiger charge is 2.44. The fourth-order valence-corrected chi connectivity index (χ4v) is 3.06. The van der Waals surface area contributed by atoms with Gasteiger partial charge in [-0.15, -0.1) is 0 Å². The molecule has 0 spiro atoms. The lowest BCUT2D eigenvalue weighted by molar-refractivity contribution is -0.158. The van der Waals surface area contributed by atoms with Gasteiger partial charge in [0, 0.05) is 5.92 Å². The van der Waals surface area contributed by atoms with Gasteiger partial charge in [0.15, 0.2) is 0 Å². The lowest BCUT2D eigenvalue weighted by Crippen LogP contribution is -2.66. The molecule has 20 heavy (non-hydrogen) atoms. The Morgan fingerprint density at radius 1 is 1.10 bits per heavy atom. The first-order chi connectivity index (χ1) is 9.43. The predicted octanol–water partition coefficient (Wildman–Crippen LogP) is 1.61. The van der Waals surface area contributed by atoms with Crippen LogP contribution in [0.1, 0.15) is 58.8 Å². The van der Waals surface area contributed by atoms with E-state index in [4.69, 9.17) is 0 Å². The predicted molar refractivity (Wildman–Crippen MR) is 74.8 cm³/mol. The Kier molecular flexibility index (Phi) is 4.45. The minimum absolute atomic E-state index is 0.00588. The molecule has 2 aliphatic rings. The normalized spacial score (nSPS) is 24.8. The molecule has 0 aromatic carbocycles. The Morgan fingerprint density at radius 2 is 1.65 bits per heavy atom. The zero-order valence-corrected chi connectivity index (χ0v) is 12.4. The van der Waals surface area contributed by atoms with Crippen LogP contribution in [0.15, 0.2) is 0 Å². The van der Waals surface area contributed by atoms with Crippen molar-refractivity contribution in [3.63, 3.8) is 0 Å². The number of amides is 3. The quantitative estimate of drug-likeness (QED) is 0.742. The molecular weight excluding hydrogens is 256 g/mol. The van der Waals surface area contributed by atoms with Gasteiger partial charge in [0.25, 0.3) is 5.91 Å². The minimum atomic E-state index is -0.937. The summed E-state index contributed by atoms with van der Waals surface area (Å²) in [6.45, 7) is 3.40. The first kappa shape index (κ1) is 15.0. The third-order valence-electron chi connectivity index (χ3n) is 4.51. The van der Waals surface area contributed by atoms with Gasteiger partial charge in [0.05, 0.1) is 0 Å². The molecule has 1 N–H and O–H groups in total. The molecule has 1 saturated carbocycles. The van der Waals surface area contributed by atoms with Crippen molar-refractivity contribution in [2.24, 2.45) is 5.92 Å². The molecule has 1 heterocycles. The van der Waals surface area contributed by atoms with E-state index in [1.165, 1.54) is 24.2 Å². The molecule has 0 bridgehead atoms. The Bertz CT molecular complexity index is 409. The molecule has 3 amide bonds. The summed E-state index contributed by atoms with van der Waals surface area (Å²) < 4.78 is 0. The van der Waals surface area contributed by atoms with Gasteiger partial charge in [-0.1, -0.05) is 32.1 Å². The third-order valence-corrected chi connectivity index (χ3v) is 4.51. The second-order valence-corrected chi connectivity index (χ2v) is 6.40. The van der Waals surface area contributed by atoms with E-state index in [0.29, 0.717) is 0 Å². The fraction of sp³-hybridized carbons (Fsp3) is 0.800. The van der Waals surface area contributed by atoms with Crippen LogP contribution >= 0.6 is 0 Å². The van der Waals surface area contributed by atoms with Gasteiger partial charge in [-0.3, -0.25) is 19.7 Å². The first-order valence-corrected chi connectivity index (χ1v) is 7.58. The number of piperazine rings is 1. The third kappa shape index (κ3) is 3.02. The fourth-order valence-electron chi connectivity index (χ4n) is 3.06. The van der Waals surface area contributed by atoms with Gasteiger partial charge >= 0.3 is 0 Å². The smallest absolute Gasteiger partial charge is 0.252 e. The highest BCUT2D eigenvalue weighted by molar-refractivity contribution is 6.06. The van der Waals surface area contributed by atoms with E-state index < -0.39 is 5.54 Å². The van der Waals surface area contributed by atoms with Crippen LogP contribution < -0.4 is 5.32 Å². The maximum Gasteiger partial charge on any atom is 0.252 e. The zero-order valence-electron chi connectivity index (χ0n) is 12.4. The van der Waals surface area contributed by atoms with Gasteiger partial charge in [-0.25, -0.2) is 0 Å². The van der Waals surface area contributed by atoms with Crippen molar-refractivity contribution in [2.75, 3.05) is 6.54 Å². The molecule has 1 aliphatic heterocycles. The molecule has 0 atom stereocenters. The Morgan fingerprint density at radius 3 is 2.25 bits per heavy atom. The molecule has 0 aromatic heterocycles. The van der Waals surface area contributed by atoms with Gasteiger partial charge < -0.3 is 4.90 Å². The van der Waals surface area contributed by atoms with Crippen LogP contribution in [0.25, 0.3) is 0 Å². The van der Waals surface area contributed by atoms with E-state index >= 15 is 0 Å². The van der Waals surface area contributed by atoms with E-state index in [0.717, 1.165) is 25.7 Å². The van der Waals surface area contributed by atoms with Crippen LogP contribution in [0.2, 0.25) is 0 Å². The van der Waals surface area contributed by atoms with Gasteiger partial charge in [0.2, 0.25) is 11.8 Å². The van der Waals surface area contributed by atoms with E-state index in [9.17, 15) is 14.4 Å². The number of hydrogen-bond acceptors (Lipinski definition) is 3. The average molecular weight is 280 g/mol. The highest BCUT2D eigenvalue weighted by Crippen LogP contribution is 2.28. The molecule has 2 rings (SSSR count). The van der Waals surface area contributed by atoms with Crippen molar-refractivity contribution < 1.29 is 14.4 Å². The SMILES string of the molecule is CC1(C)C(=O)NC(=O)CN1C(=O)C1CCCCCCC1. The number of hydrogen-bond donors (Lipinski definition) is 1. The summed E-state index contributed by atoms with van der Waals surface area (Å²) in [5, 5.41) is 2.31. The zero-order chi connectivity index (χ0) is 14.8. The first-order valence-electron chi connectivity index (χ1n) is 7.58. The van der Waals surface area contributed by atoms with E-state index in [1.807, 2.05) is 0 Å². The molecule has 2 fully saturated rings. The molecule has 112 valence electrons. The molecule has 0 radical (unpaired) electrons. The number of carbonyl (C=O) groups excluding carboxylic acids is 3. The highest BCUT2D eigenvalue weighted by atomic mass is 16.2. The maximum absolute atomic E-state index is 12.7. The van der Waals surface area contributed by atoms with Crippen molar-refractivity contribution in [3.05, 3.63) is 0 Å². The van der Waals surface area contributed by atoms with Gasteiger partial charge in [-0.2, -0.15) is 0 Å². The Labute approximate surface area is 120 Å². The number of nitrogens with zero attached hydrogens (tertiary/aromatic N) is 1. The number of rotatable bonds is 1. The van der Waals surface area contributed by atoms with Crippen molar-refractivity contribution in [1.82, 2.24) is 10.2 Å². The van der Waals surface area contributed by atoms with Crippen LogP contribution in [0.5, 0.6) is 0 Å². The van der Waals surface area contributed by atoms with Crippen LogP contribution in [-0.4, -0.2) is 34.7 Å². The summed E-state index contributed by atoms with van der Waals surface area (Å²) in [5.41, 5.74) is -0.937. The second kappa shape index (κ2) is 5.94. The lowest BCUT2D eigenvalue weighted by atomic mass is 9.88. The summed E-state index contributed by atoms with van der Waals surface area (Å²) in [6, 6.07) is 0. The second-order valence-electron chi connectivity index (χ2n) is 6.40. The molecular formula is C15H24N2O3. The summed E-state index contributed by atoms with van der Waals surface area (Å²) in [4.78, 5) is 37.7. The van der Waals surface area contributed by atoms with Gasteiger partial charge in [-0.05, 0) is 26.7 Å². The molecule has 1 saturated heterocycles. The molecule has 0 unspecified atom stereocenters. The van der Waals surface area contributed by atoms with Crippen molar-refractivity contribution in [3.8, 4) is 0 Å². The van der Waals surface area contributed by atoms with Crippen molar-refractivity contribution >= 4 is 17.7 Å². The van der Waals surface area contributed by atoms with E-state index in [2.05, 4.69) is 5.32 Å². The summed E-state index contributed by atoms with van der Waals surface area (Å²) in [6.07, 6.45) is 7.47. The summed E-state index contributed by atoms with van der Waals surface area (Å²) in [5.74, 6) is -0.824. The molecule has 5 nitrogen and oxygen atoms in total. The average Bonchev–Trinajstić information content (AvgIpc) is 2.33. The summed E-state index contributed by atoms with van der Waals surface area (Å²) >= 11 is 0. The maximum atomic E-state index is 12.7.